The molecule has 2 aliphatic rings. The van der Waals surface area contributed by atoms with Gasteiger partial charge in [-0.05, 0) is 99.7 Å². The summed E-state index contributed by atoms with van der Waals surface area (Å²) in [5.74, 6) is 0. The van der Waals surface area contributed by atoms with Gasteiger partial charge in [0.05, 0.1) is 0 Å². The van der Waals surface area contributed by atoms with E-state index in [4.69, 9.17) is 0 Å². The first-order chi connectivity index (χ1) is 22.7. The molecule has 9 rings (SSSR count). The molecule has 0 unspecified atom stereocenters. The topological polar surface area (TPSA) is 6.48 Å². The Bertz CT molecular complexity index is 2210. The standard InChI is InChI=1S/C43H31BN2/c1-30-27-41-43-42(28-30)46(36-24-21-33(22-25-36)31-13-5-2-6-14-31)40-26-23-34(32-15-7-3-8-16-32)29-38(40)44(43)37-19-11-12-20-39(37)45(41)35-17-9-4-10-18-35/h2-29H,1H3. The maximum atomic E-state index is 2.48. The summed E-state index contributed by atoms with van der Waals surface area (Å²) in [6.07, 6.45) is 0. The van der Waals surface area contributed by atoms with Crippen LogP contribution in [0.15, 0.2) is 170 Å². The molecule has 3 heteroatoms. The first-order valence-corrected chi connectivity index (χ1v) is 16.0. The summed E-state index contributed by atoms with van der Waals surface area (Å²) in [5, 5.41) is 0. The lowest BCUT2D eigenvalue weighted by Gasteiger charge is -2.44. The zero-order chi connectivity index (χ0) is 30.6. The molecule has 46 heavy (non-hydrogen) atoms. The van der Waals surface area contributed by atoms with Crippen molar-refractivity contribution in [2.75, 3.05) is 9.80 Å². The molecule has 216 valence electrons. The van der Waals surface area contributed by atoms with Crippen molar-refractivity contribution in [3.05, 3.63) is 175 Å². The summed E-state index contributed by atoms with van der Waals surface area (Å²) >= 11 is 0. The van der Waals surface area contributed by atoms with Gasteiger partial charge in [-0.15, -0.1) is 0 Å². The molecule has 0 fully saturated rings. The quantitative estimate of drug-likeness (QED) is 0.190. The van der Waals surface area contributed by atoms with Gasteiger partial charge < -0.3 is 9.80 Å². The Balaban J connectivity index is 1.32. The van der Waals surface area contributed by atoms with Crippen LogP contribution >= 0.6 is 0 Å². The van der Waals surface area contributed by atoms with Crippen molar-refractivity contribution in [3.63, 3.8) is 0 Å². The van der Waals surface area contributed by atoms with Crippen molar-refractivity contribution < 1.29 is 0 Å². The fourth-order valence-electron chi connectivity index (χ4n) is 7.47. The molecule has 0 radical (unpaired) electrons. The number of aryl methyl sites for hydroxylation is 1. The van der Waals surface area contributed by atoms with E-state index in [2.05, 4.69) is 187 Å². The van der Waals surface area contributed by atoms with Crippen molar-refractivity contribution in [1.82, 2.24) is 0 Å². The van der Waals surface area contributed by atoms with E-state index in [1.165, 1.54) is 72.6 Å². The first kappa shape index (κ1) is 26.6. The molecule has 2 heterocycles. The van der Waals surface area contributed by atoms with Gasteiger partial charge in [0.25, 0.3) is 6.71 Å². The van der Waals surface area contributed by atoms with Crippen molar-refractivity contribution >= 4 is 57.2 Å². The van der Waals surface area contributed by atoms with Crippen molar-refractivity contribution in [3.8, 4) is 22.3 Å². The number of hydrogen-bond acceptors (Lipinski definition) is 2. The lowest BCUT2D eigenvalue weighted by atomic mass is 9.33. The molecule has 0 bridgehead atoms. The highest BCUT2D eigenvalue weighted by molar-refractivity contribution is 7.00. The molecule has 7 aromatic carbocycles. The minimum Gasteiger partial charge on any atom is -0.311 e. The molecular formula is C43H31BN2. The fraction of sp³-hybridized carbons (Fsp3) is 0.0233. The second-order valence-electron chi connectivity index (χ2n) is 12.3. The van der Waals surface area contributed by atoms with E-state index in [-0.39, 0.29) is 6.71 Å². The third-order valence-electron chi connectivity index (χ3n) is 9.47. The maximum Gasteiger partial charge on any atom is 0.252 e. The Hall–Kier alpha value is -5.80. The summed E-state index contributed by atoms with van der Waals surface area (Å²) in [6.45, 7) is 2.32. The Morgan fingerprint density at radius 2 is 0.848 bits per heavy atom. The van der Waals surface area contributed by atoms with Crippen LogP contribution in [0.3, 0.4) is 0 Å². The molecule has 0 atom stereocenters. The fourth-order valence-corrected chi connectivity index (χ4v) is 7.47. The third kappa shape index (κ3) is 4.20. The van der Waals surface area contributed by atoms with Crippen LogP contribution in [0.5, 0.6) is 0 Å². The average Bonchev–Trinajstić information content (AvgIpc) is 3.12. The molecule has 0 spiro atoms. The van der Waals surface area contributed by atoms with Crippen molar-refractivity contribution in [2.45, 2.75) is 6.92 Å². The Morgan fingerprint density at radius 3 is 1.50 bits per heavy atom. The molecule has 0 amide bonds. The molecule has 0 aliphatic carbocycles. The zero-order valence-electron chi connectivity index (χ0n) is 25.6. The highest BCUT2D eigenvalue weighted by Crippen LogP contribution is 2.45. The van der Waals surface area contributed by atoms with E-state index in [9.17, 15) is 0 Å². The smallest absolute Gasteiger partial charge is 0.252 e. The van der Waals surface area contributed by atoms with Crippen molar-refractivity contribution in [1.29, 1.82) is 0 Å². The zero-order valence-corrected chi connectivity index (χ0v) is 25.6. The number of rotatable bonds is 4. The van der Waals surface area contributed by atoms with Gasteiger partial charge in [0, 0.05) is 34.1 Å². The Morgan fingerprint density at radius 1 is 0.370 bits per heavy atom. The van der Waals surface area contributed by atoms with Gasteiger partial charge in [0.15, 0.2) is 0 Å². The van der Waals surface area contributed by atoms with Gasteiger partial charge >= 0.3 is 0 Å². The number of benzene rings is 7. The van der Waals surface area contributed by atoms with Crippen LogP contribution in [0.25, 0.3) is 22.3 Å². The van der Waals surface area contributed by atoms with E-state index in [0.717, 1.165) is 5.69 Å². The van der Waals surface area contributed by atoms with Gasteiger partial charge in [-0.25, -0.2) is 0 Å². The second-order valence-corrected chi connectivity index (χ2v) is 12.3. The first-order valence-electron chi connectivity index (χ1n) is 16.0. The van der Waals surface area contributed by atoms with E-state index < -0.39 is 0 Å². The van der Waals surface area contributed by atoms with E-state index in [0.29, 0.717) is 0 Å². The Kier molecular flexibility index (Phi) is 6.17. The number of hydrogen-bond donors (Lipinski definition) is 0. The SMILES string of the molecule is Cc1cc2c3c(c1)N(c1ccc(-c4ccccc4)cc1)c1ccc(-c4ccccc4)cc1B3c1ccccc1N2c1ccccc1. The van der Waals surface area contributed by atoms with Gasteiger partial charge in [0.2, 0.25) is 0 Å². The van der Waals surface area contributed by atoms with Crippen LogP contribution in [0, 0.1) is 6.92 Å². The number of nitrogens with zero attached hydrogens (tertiary/aromatic N) is 2. The largest absolute Gasteiger partial charge is 0.311 e. The summed E-state index contributed by atoms with van der Waals surface area (Å²) in [7, 11) is 0. The average molecular weight is 587 g/mol. The van der Waals surface area contributed by atoms with E-state index in [1.807, 2.05) is 0 Å². The number of para-hydroxylation sites is 2. The molecule has 0 saturated carbocycles. The lowest BCUT2D eigenvalue weighted by molar-refractivity contribution is 1.24. The second kappa shape index (κ2) is 10.7. The predicted octanol–water partition coefficient (Wildman–Crippen LogP) is 9.41. The number of fused-ring (bicyclic) bond motifs is 4. The van der Waals surface area contributed by atoms with E-state index >= 15 is 0 Å². The lowest BCUT2D eigenvalue weighted by Crippen LogP contribution is -2.61. The third-order valence-corrected chi connectivity index (χ3v) is 9.47. The summed E-state index contributed by atoms with van der Waals surface area (Å²) < 4.78 is 0. The highest BCUT2D eigenvalue weighted by atomic mass is 15.2. The van der Waals surface area contributed by atoms with Crippen LogP contribution in [0.4, 0.5) is 34.1 Å². The van der Waals surface area contributed by atoms with Crippen LogP contribution in [-0.4, -0.2) is 6.71 Å². The molecule has 2 aliphatic heterocycles. The molecule has 2 nitrogen and oxygen atoms in total. The molecular weight excluding hydrogens is 555 g/mol. The minimum absolute atomic E-state index is 0.0975. The summed E-state index contributed by atoms with van der Waals surface area (Å²) in [6, 6.07) is 62.0. The van der Waals surface area contributed by atoms with E-state index in [1.54, 1.807) is 0 Å². The Labute approximate surface area is 270 Å². The van der Waals surface area contributed by atoms with Gasteiger partial charge in [0.1, 0.15) is 0 Å². The molecule has 0 N–H and O–H groups in total. The van der Waals surface area contributed by atoms with Gasteiger partial charge in [-0.3, -0.25) is 0 Å². The maximum absolute atomic E-state index is 2.48. The molecule has 0 aromatic heterocycles. The summed E-state index contributed by atoms with van der Waals surface area (Å²) in [4.78, 5) is 4.94. The van der Waals surface area contributed by atoms with Gasteiger partial charge in [-0.1, -0.05) is 121 Å². The van der Waals surface area contributed by atoms with Crippen LogP contribution < -0.4 is 26.2 Å². The minimum atomic E-state index is 0.0975. The van der Waals surface area contributed by atoms with Crippen LogP contribution in [0.2, 0.25) is 0 Å². The summed E-state index contributed by atoms with van der Waals surface area (Å²) in [5.41, 5.74) is 17.4. The molecule has 0 saturated heterocycles. The monoisotopic (exact) mass is 586 g/mol. The predicted molar refractivity (Wildman–Crippen MR) is 196 cm³/mol. The highest BCUT2D eigenvalue weighted by Gasteiger charge is 2.43. The van der Waals surface area contributed by atoms with Crippen LogP contribution in [-0.2, 0) is 0 Å². The number of anilines is 6. The van der Waals surface area contributed by atoms with Crippen LogP contribution in [0.1, 0.15) is 5.56 Å². The van der Waals surface area contributed by atoms with Crippen molar-refractivity contribution in [2.24, 2.45) is 0 Å². The van der Waals surface area contributed by atoms with Gasteiger partial charge in [-0.2, -0.15) is 0 Å². The normalized spacial score (nSPS) is 12.8. The molecule has 7 aromatic rings.